The molecular formula is C23H22F3N5O2. The molecule has 0 aliphatic heterocycles. The van der Waals surface area contributed by atoms with Gasteiger partial charge in [0.1, 0.15) is 29.6 Å². The lowest BCUT2D eigenvalue weighted by Crippen LogP contribution is -2.26. The molecule has 0 radical (unpaired) electrons. The largest absolute Gasteiger partial charge is 0.390 e. The molecule has 1 aromatic carbocycles. The number of aryl methyl sites for hydroxylation is 1. The first-order valence-corrected chi connectivity index (χ1v) is 10.4. The molecular weight excluding hydrogens is 435 g/mol. The molecule has 172 valence electrons. The first kappa shape index (κ1) is 22.7. The van der Waals surface area contributed by atoms with E-state index in [4.69, 9.17) is 5.11 Å². The summed E-state index contributed by atoms with van der Waals surface area (Å²) < 4.78 is 44.3. The molecule has 1 saturated carbocycles. The highest BCUT2D eigenvalue weighted by Crippen LogP contribution is 2.47. The molecule has 0 saturated heterocycles. The van der Waals surface area contributed by atoms with E-state index < -0.39 is 35.4 Å². The van der Waals surface area contributed by atoms with Gasteiger partial charge in [-0.3, -0.25) is 4.79 Å². The summed E-state index contributed by atoms with van der Waals surface area (Å²) in [5.41, 5.74) is -1.40. The first-order valence-electron chi connectivity index (χ1n) is 10.4. The van der Waals surface area contributed by atoms with Gasteiger partial charge in [-0.2, -0.15) is 14.0 Å². The summed E-state index contributed by atoms with van der Waals surface area (Å²) >= 11 is 0. The van der Waals surface area contributed by atoms with Crippen LogP contribution < -0.4 is 10.9 Å². The van der Waals surface area contributed by atoms with Gasteiger partial charge in [0.15, 0.2) is 0 Å². The van der Waals surface area contributed by atoms with E-state index in [9.17, 15) is 23.2 Å². The fourth-order valence-corrected chi connectivity index (χ4v) is 4.04. The van der Waals surface area contributed by atoms with Crippen LogP contribution in [-0.4, -0.2) is 26.2 Å². The van der Waals surface area contributed by atoms with Crippen LogP contribution in [0.15, 0.2) is 29.1 Å². The van der Waals surface area contributed by atoms with Crippen LogP contribution >= 0.6 is 0 Å². The number of hydrogen-bond acceptors (Lipinski definition) is 6. The average Bonchev–Trinajstić information content (AvgIpc) is 3.57. The lowest BCUT2D eigenvalue weighted by Gasteiger charge is -2.21. The zero-order valence-electron chi connectivity index (χ0n) is 18.3. The van der Waals surface area contributed by atoms with Crippen molar-refractivity contribution in [3.8, 4) is 6.07 Å². The maximum absolute atomic E-state index is 14.9. The zero-order valence-corrected chi connectivity index (χ0v) is 18.3. The minimum atomic E-state index is -3.73. The summed E-state index contributed by atoms with van der Waals surface area (Å²) in [5, 5.41) is 21.9. The second kappa shape index (κ2) is 7.85. The third-order valence-corrected chi connectivity index (χ3v) is 6.10. The molecule has 1 atom stereocenters. The molecule has 0 amide bonds. The van der Waals surface area contributed by atoms with Crippen molar-refractivity contribution in [2.75, 3.05) is 11.9 Å². The molecule has 2 heterocycles. The van der Waals surface area contributed by atoms with Crippen LogP contribution in [0.3, 0.4) is 0 Å². The quantitative estimate of drug-likeness (QED) is 0.586. The maximum atomic E-state index is 14.9. The van der Waals surface area contributed by atoms with Crippen molar-refractivity contribution in [3.63, 3.8) is 0 Å². The molecule has 0 spiro atoms. The van der Waals surface area contributed by atoms with Crippen LogP contribution in [0.2, 0.25) is 0 Å². The van der Waals surface area contributed by atoms with Gasteiger partial charge < -0.3 is 15.0 Å². The molecule has 1 aliphatic rings. The number of hydrogen-bond donors (Lipinski definition) is 2. The van der Waals surface area contributed by atoms with E-state index >= 15 is 0 Å². The van der Waals surface area contributed by atoms with Crippen LogP contribution in [0.4, 0.5) is 19.0 Å². The number of fused-ring (bicyclic) bond motifs is 1. The van der Waals surface area contributed by atoms with E-state index in [0.717, 1.165) is 6.07 Å². The molecule has 1 aliphatic carbocycles. The number of aromatic nitrogens is 3. The predicted molar refractivity (Wildman–Crippen MR) is 115 cm³/mol. The molecule has 2 aromatic heterocycles. The van der Waals surface area contributed by atoms with Gasteiger partial charge in [-0.25, -0.2) is 14.4 Å². The number of nitriles is 1. The van der Waals surface area contributed by atoms with Gasteiger partial charge in [-0.05, 0) is 38.8 Å². The number of rotatable bonds is 6. The highest BCUT2D eigenvalue weighted by atomic mass is 19.3. The normalized spacial score (nSPS) is 15.8. The Morgan fingerprint density at radius 1 is 1.36 bits per heavy atom. The first-order chi connectivity index (χ1) is 15.5. The summed E-state index contributed by atoms with van der Waals surface area (Å²) in [6, 6.07) is 6.73. The van der Waals surface area contributed by atoms with Crippen molar-refractivity contribution in [3.05, 3.63) is 63.1 Å². The Labute approximate surface area is 187 Å². The summed E-state index contributed by atoms with van der Waals surface area (Å²) in [5.74, 6) is -4.33. The van der Waals surface area contributed by atoms with E-state index in [1.165, 1.54) is 16.7 Å². The molecule has 7 nitrogen and oxygen atoms in total. The van der Waals surface area contributed by atoms with Crippen molar-refractivity contribution in [2.45, 2.75) is 44.1 Å². The highest BCUT2D eigenvalue weighted by Gasteiger charge is 2.47. The summed E-state index contributed by atoms with van der Waals surface area (Å²) in [7, 11) is 1.59. The smallest absolute Gasteiger partial charge is 0.298 e. The highest BCUT2D eigenvalue weighted by molar-refractivity contribution is 5.89. The molecule has 3 aromatic rings. The number of anilines is 1. The van der Waals surface area contributed by atoms with Gasteiger partial charge in [-0.1, -0.05) is 12.1 Å². The number of benzene rings is 1. The van der Waals surface area contributed by atoms with Crippen molar-refractivity contribution < 1.29 is 18.3 Å². The van der Waals surface area contributed by atoms with Crippen LogP contribution in [-0.2, 0) is 18.4 Å². The standard InChI is InChI=1S/C23H22F3N5O2/c1-12(14-5-4-6-16(18(14)24)23(25,26)11-32)28-20-15-9-17(22(10-27)7-8-22)31(3)21(33)19(15)29-13(2)30-20/h4-6,9,12,32H,7-8,11H2,1-3H3,(H,28,29,30)/t12-/m1/s1. The second-order valence-electron chi connectivity index (χ2n) is 8.41. The summed E-state index contributed by atoms with van der Waals surface area (Å²) in [6.07, 6.45) is 1.26. The Morgan fingerprint density at radius 3 is 2.67 bits per heavy atom. The lowest BCUT2D eigenvalue weighted by molar-refractivity contribution is -0.0583. The Bertz CT molecular complexity index is 1360. The van der Waals surface area contributed by atoms with Crippen LogP contribution in [0.25, 0.3) is 10.9 Å². The maximum Gasteiger partial charge on any atom is 0.298 e. The third kappa shape index (κ3) is 3.72. The van der Waals surface area contributed by atoms with Crippen LogP contribution in [0.5, 0.6) is 0 Å². The Hall–Kier alpha value is -3.45. The minimum absolute atomic E-state index is 0.0511. The number of nitrogens with zero attached hydrogens (tertiary/aromatic N) is 4. The number of halogens is 3. The molecule has 33 heavy (non-hydrogen) atoms. The number of aliphatic hydroxyl groups is 1. The van der Waals surface area contributed by atoms with E-state index in [1.54, 1.807) is 27.0 Å². The van der Waals surface area contributed by atoms with Gasteiger partial charge in [-0.15, -0.1) is 0 Å². The van der Waals surface area contributed by atoms with Crippen molar-refractivity contribution in [1.29, 1.82) is 5.26 Å². The van der Waals surface area contributed by atoms with Crippen molar-refractivity contribution in [1.82, 2.24) is 14.5 Å². The summed E-state index contributed by atoms with van der Waals surface area (Å²) in [4.78, 5) is 21.6. The monoisotopic (exact) mass is 457 g/mol. The Morgan fingerprint density at radius 2 is 2.06 bits per heavy atom. The lowest BCUT2D eigenvalue weighted by atomic mass is 9.99. The second-order valence-corrected chi connectivity index (χ2v) is 8.41. The van der Waals surface area contributed by atoms with E-state index in [-0.39, 0.29) is 22.5 Å². The van der Waals surface area contributed by atoms with E-state index in [1.807, 2.05) is 0 Å². The molecule has 0 unspecified atom stereocenters. The third-order valence-electron chi connectivity index (χ3n) is 6.10. The minimum Gasteiger partial charge on any atom is -0.390 e. The van der Waals surface area contributed by atoms with Crippen molar-refractivity contribution >= 4 is 16.7 Å². The van der Waals surface area contributed by atoms with Crippen LogP contribution in [0, 0.1) is 24.1 Å². The zero-order chi connectivity index (χ0) is 24.1. The van der Waals surface area contributed by atoms with E-state index in [0.29, 0.717) is 29.7 Å². The fraction of sp³-hybridized carbons (Fsp3) is 0.391. The topological polar surface area (TPSA) is 104 Å². The average molecular weight is 457 g/mol. The van der Waals surface area contributed by atoms with Gasteiger partial charge in [0.25, 0.3) is 11.5 Å². The number of pyridine rings is 1. The fourth-order valence-electron chi connectivity index (χ4n) is 4.04. The van der Waals surface area contributed by atoms with E-state index in [2.05, 4.69) is 21.4 Å². The summed E-state index contributed by atoms with van der Waals surface area (Å²) in [6.45, 7) is 1.66. The molecule has 1 fully saturated rings. The van der Waals surface area contributed by atoms with Crippen LogP contribution in [0.1, 0.15) is 48.5 Å². The Kier molecular flexibility index (Phi) is 5.41. The number of nitrogens with one attached hydrogen (secondary N) is 1. The van der Waals surface area contributed by atoms with Gasteiger partial charge in [0.2, 0.25) is 0 Å². The SMILES string of the molecule is Cc1nc(N[C@H](C)c2cccc(C(F)(F)CO)c2F)c2cc(C3(C#N)CC3)n(C)c(=O)c2n1. The van der Waals surface area contributed by atoms with Crippen molar-refractivity contribution in [2.24, 2.45) is 7.05 Å². The molecule has 10 heteroatoms. The number of aliphatic hydroxyl groups excluding tert-OH is 1. The predicted octanol–water partition coefficient (Wildman–Crippen LogP) is 3.59. The molecule has 0 bridgehead atoms. The van der Waals surface area contributed by atoms with Gasteiger partial charge in [0, 0.05) is 18.3 Å². The number of alkyl halides is 2. The molecule has 4 rings (SSSR count). The Balaban J connectivity index is 1.83. The molecule has 2 N–H and O–H groups in total. The van der Waals surface area contributed by atoms with Gasteiger partial charge in [0.05, 0.1) is 28.5 Å². The van der Waals surface area contributed by atoms with Gasteiger partial charge >= 0.3 is 0 Å².